The molecular weight excluding hydrogens is 200 g/mol. The molecule has 0 aromatic carbocycles. The molecule has 1 rings (SSSR count). The topological polar surface area (TPSA) is 88.5 Å². The number of aromatic nitrogens is 1. The van der Waals surface area contributed by atoms with Gasteiger partial charge in [0.25, 0.3) is 0 Å². The lowest BCUT2D eigenvalue weighted by molar-refractivity contribution is -0.114. The van der Waals surface area contributed by atoms with Crippen LogP contribution < -0.4 is 10.1 Å². The van der Waals surface area contributed by atoms with Gasteiger partial charge in [0.05, 0.1) is 19.0 Å². The van der Waals surface area contributed by atoms with Crippen molar-refractivity contribution in [2.45, 2.75) is 6.92 Å². The minimum atomic E-state index is -1.16. The van der Waals surface area contributed by atoms with Crippen molar-refractivity contribution >= 4 is 17.6 Å². The van der Waals surface area contributed by atoms with E-state index in [2.05, 4.69) is 10.3 Å². The molecule has 0 spiro atoms. The number of carboxylic acid groups (broad SMARTS) is 1. The third kappa shape index (κ3) is 2.67. The van der Waals surface area contributed by atoms with E-state index in [9.17, 15) is 9.59 Å². The van der Waals surface area contributed by atoms with Crippen LogP contribution in [0, 0.1) is 0 Å². The molecule has 0 aliphatic rings. The molecule has 1 amide bonds. The summed E-state index contributed by atoms with van der Waals surface area (Å²) in [7, 11) is 1.33. The number of methoxy groups -OCH3 is 1. The number of carbonyl (C=O) groups is 2. The molecule has 80 valence electrons. The number of carboxylic acids is 1. The molecule has 0 radical (unpaired) electrons. The van der Waals surface area contributed by atoms with E-state index < -0.39 is 5.97 Å². The van der Waals surface area contributed by atoms with Gasteiger partial charge in [-0.1, -0.05) is 0 Å². The Bertz CT molecular complexity index is 403. The number of ether oxygens (including phenoxy) is 1. The Morgan fingerprint density at radius 3 is 2.67 bits per heavy atom. The van der Waals surface area contributed by atoms with Gasteiger partial charge in [0.15, 0.2) is 0 Å². The predicted molar refractivity (Wildman–Crippen MR) is 52.1 cm³/mol. The summed E-state index contributed by atoms with van der Waals surface area (Å²) < 4.78 is 4.76. The van der Waals surface area contributed by atoms with Crippen LogP contribution in [0.5, 0.6) is 5.88 Å². The SMILES string of the molecule is COc1ncc(NC(C)=O)cc1C(=O)O. The fraction of sp³-hybridized carbons (Fsp3) is 0.222. The highest BCUT2D eigenvalue weighted by Crippen LogP contribution is 2.18. The number of rotatable bonds is 3. The summed E-state index contributed by atoms with van der Waals surface area (Å²) in [6.07, 6.45) is 1.33. The van der Waals surface area contributed by atoms with E-state index in [1.807, 2.05) is 0 Å². The van der Waals surface area contributed by atoms with Crippen LogP contribution in [0.1, 0.15) is 17.3 Å². The second-order valence-corrected chi connectivity index (χ2v) is 2.77. The standard InChI is InChI=1S/C9H10N2O4/c1-5(12)11-6-3-7(9(13)14)8(15-2)10-4-6/h3-4H,1-2H3,(H,11,12)(H,13,14). The van der Waals surface area contributed by atoms with Crippen molar-refractivity contribution in [3.63, 3.8) is 0 Å². The lowest BCUT2D eigenvalue weighted by Crippen LogP contribution is -2.09. The summed E-state index contributed by atoms with van der Waals surface area (Å²) in [4.78, 5) is 25.3. The lowest BCUT2D eigenvalue weighted by Gasteiger charge is -2.06. The van der Waals surface area contributed by atoms with Crippen LogP contribution in [0.4, 0.5) is 5.69 Å². The quantitative estimate of drug-likeness (QED) is 0.768. The molecule has 0 aliphatic carbocycles. The number of anilines is 1. The minimum Gasteiger partial charge on any atom is -0.480 e. The smallest absolute Gasteiger partial charge is 0.341 e. The first-order valence-corrected chi connectivity index (χ1v) is 4.09. The van der Waals surface area contributed by atoms with E-state index in [0.29, 0.717) is 5.69 Å². The summed E-state index contributed by atoms with van der Waals surface area (Å²) >= 11 is 0. The molecule has 2 N–H and O–H groups in total. The zero-order valence-corrected chi connectivity index (χ0v) is 8.27. The number of nitrogens with one attached hydrogen (secondary N) is 1. The maximum Gasteiger partial charge on any atom is 0.341 e. The van der Waals surface area contributed by atoms with Crippen LogP contribution in [0.2, 0.25) is 0 Å². The molecular formula is C9H10N2O4. The Balaban J connectivity index is 3.10. The van der Waals surface area contributed by atoms with Crippen LogP contribution in [-0.2, 0) is 4.79 Å². The molecule has 1 heterocycles. The molecule has 15 heavy (non-hydrogen) atoms. The van der Waals surface area contributed by atoms with Gasteiger partial charge in [-0.05, 0) is 6.07 Å². The van der Waals surface area contributed by atoms with Gasteiger partial charge in [-0.25, -0.2) is 9.78 Å². The molecule has 0 unspecified atom stereocenters. The maximum atomic E-state index is 10.8. The summed E-state index contributed by atoms with van der Waals surface area (Å²) in [6, 6.07) is 1.29. The van der Waals surface area contributed by atoms with Gasteiger partial charge in [0.2, 0.25) is 11.8 Å². The van der Waals surface area contributed by atoms with Gasteiger partial charge in [-0.2, -0.15) is 0 Å². The Morgan fingerprint density at radius 2 is 2.20 bits per heavy atom. The van der Waals surface area contributed by atoms with Crippen molar-refractivity contribution in [3.8, 4) is 5.88 Å². The van der Waals surface area contributed by atoms with Crippen LogP contribution >= 0.6 is 0 Å². The third-order valence-electron chi connectivity index (χ3n) is 1.60. The summed E-state index contributed by atoms with van der Waals surface area (Å²) in [6.45, 7) is 1.32. The van der Waals surface area contributed by atoms with Gasteiger partial charge in [-0.3, -0.25) is 4.79 Å². The number of nitrogens with zero attached hydrogens (tertiary/aromatic N) is 1. The second-order valence-electron chi connectivity index (χ2n) is 2.77. The van der Waals surface area contributed by atoms with Crippen LogP contribution in [0.3, 0.4) is 0 Å². The van der Waals surface area contributed by atoms with Crippen LogP contribution in [0.15, 0.2) is 12.3 Å². The number of pyridine rings is 1. The molecule has 6 nitrogen and oxygen atoms in total. The molecule has 0 aliphatic heterocycles. The Hall–Kier alpha value is -2.11. The van der Waals surface area contributed by atoms with E-state index in [0.717, 1.165) is 0 Å². The normalized spacial score (nSPS) is 9.47. The molecule has 0 saturated carbocycles. The lowest BCUT2D eigenvalue weighted by atomic mass is 10.2. The molecule has 0 saturated heterocycles. The van der Waals surface area contributed by atoms with Crippen molar-refractivity contribution in [1.29, 1.82) is 0 Å². The highest BCUT2D eigenvalue weighted by atomic mass is 16.5. The van der Waals surface area contributed by atoms with Crippen molar-refractivity contribution in [1.82, 2.24) is 4.98 Å². The Kier molecular flexibility index (Phi) is 3.22. The van der Waals surface area contributed by atoms with Crippen LogP contribution in [-0.4, -0.2) is 29.1 Å². The first-order chi connectivity index (χ1) is 7.04. The van der Waals surface area contributed by atoms with Crippen molar-refractivity contribution in [2.75, 3.05) is 12.4 Å². The van der Waals surface area contributed by atoms with Crippen LogP contribution in [0.25, 0.3) is 0 Å². The average molecular weight is 210 g/mol. The van der Waals surface area contributed by atoms with E-state index in [-0.39, 0.29) is 17.4 Å². The molecule has 1 aromatic heterocycles. The number of carbonyl (C=O) groups excluding carboxylic acids is 1. The van der Waals surface area contributed by atoms with Gasteiger partial charge in [-0.15, -0.1) is 0 Å². The van der Waals surface area contributed by atoms with Gasteiger partial charge >= 0.3 is 5.97 Å². The first-order valence-electron chi connectivity index (χ1n) is 4.09. The van der Waals surface area contributed by atoms with Gasteiger partial charge < -0.3 is 15.2 Å². The van der Waals surface area contributed by atoms with E-state index in [1.54, 1.807) is 0 Å². The molecule has 6 heteroatoms. The van der Waals surface area contributed by atoms with E-state index in [1.165, 1.54) is 26.3 Å². The fourth-order valence-electron chi connectivity index (χ4n) is 1.04. The van der Waals surface area contributed by atoms with Crippen molar-refractivity contribution in [3.05, 3.63) is 17.8 Å². The summed E-state index contributed by atoms with van der Waals surface area (Å²) in [5.41, 5.74) is 0.226. The maximum absolute atomic E-state index is 10.8. The van der Waals surface area contributed by atoms with Crippen molar-refractivity contribution < 1.29 is 19.4 Å². The van der Waals surface area contributed by atoms with Gasteiger partial charge in [0, 0.05) is 6.92 Å². The predicted octanol–water partition coefficient (Wildman–Crippen LogP) is 0.747. The fourth-order valence-corrected chi connectivity index (χ4v) is 1.04. The minimum absolute atomic E-state index is 0.0107. The van der Waals surface area contributed by atoms with Gasteiger partial charge in [0.1, 0.15) is 5.56 Å². The summed E-state index contributed by atoms with van der Waals surface area (Å²) in [5.74, 6) is -1.44. The van der Waals surface area contributed by atoms with E-state index >= 15 is 0 Å². The summed E-state index contributed by atoms with van der Waals surface area (Å²) in [5, 5.41) is 11.3. The Labute approximate surface area is 85.9 Å². The number of amides is 1. The largest absolute Gasteiger partial charge is 0.480 e. The molecule has 0 fully saturated rings. The second kappa shape index (κ2) is 4.41. The zero-order chi connectivity index (χ0) is 11.4. The van der Waals surface area contributed by atoms with E-state index in [4.69, 9.17) is 9.84 Å². The van der Waals surface area contributed by atoms with Crippen molar-refractivity contribution in [2.24, 2.45) is 0 Å². The third-order valence-corrected chi connectivity index (χ3v) is 1.60. The number of hydrogen-bond acceptors (Lipinski definition) is 4. The Morgan fingerprint density at radius 1 is 1.53 bits per heavy atom. The monoisotopic (exact) mass is 210 g/mol. The average Bonchev–Trinajstić information content (AvgIpc) is 2.16. The number of hydrogen-bond donors (Lipinski definition) is 2. The highest BCUT2D eigenvalue weighted by molar-refractivity contribution is 5.94. The first kappa shape index (κ1) is 11.0. The molecule has 1 aromatic rings. The molecule has 0 atom stereocenters. The number of aromatic carboxylic acids is 1. The zero-order valence-electron chi connectivity index (χ0n) is 8.27. The highest BCUT2D eigenvalue weighted by Gasteiger charge is 2.13. The molecule has 0 bridgehead atoms.